The Morgan fingerprint density at radius 1 is 1.22 bits per heavy atom. The molecule has 2 aromatic rings. The van der Waals surface area contributed by atoms with Gasteiger partial charge in [-0.2, -0.15) is 13.5 Å². The number of rotatable bonds is 6. The first-order valence-corrected chi connectivity index (χ1v) is 8.91. The van der Waals surface area contributed by atoms with E-state index in [4.69, 9.17) is 11.6 Å². The zero-order valence-corrected chi connectivity index (χ0v) is 14.1. The highest BCUT2D eigenvalue weighted by Crippen LogP contribution is 2.19. The highest BCUT2D eigenvalue weighted by Gasteiger charge is 2.12. The Morgan fingerprint density at radius 3 is 2.57 bits per heavy atom. The molecular weight excluding hydrogens is 336 g/mol. The lowest BCUT2D eigenvalue weighted by molar-refractivity contribution is 0.474. The molecule has 2 N–H and O–H groups in total. The first-order chi connectivity index (χ1) is 10.9. The van der Waals surface area contributed by atoms with Crippen LogP contribution in [0.25, 0.3) is 0 Å². The molecule has 0 spiro atoms. The van der Waals surface area contributed by atoms with Crippen molar-refractivity contribution in [1.82, 2.24) is 4.83 Å². The largest absolute Gasteiger partial charge is 0.507 e. The number of hydrogen-bond donors (Lipinski definition) is 2. The summed E-state index contributed by atoms with van der Waals surface area (Å²) in [5.74, 6) is -0.0405. The summed E-state index contributed by atoms with van der Waals surface area (Å²) in [6.45, 7) is 2.06. The maximum absolute atomic E-state index is 12.1. The van der Waals surface area contributed by atoms with Gasteiger partial charge in [0.25, 0.3) is 10.0 Å². The quantitative estimate of drug-likeness (QED) is 0.618. The number of phenolic OH excluding ortho intramolecular Hbond substituents is 1. The van der Waals surface area contributed by atoms with Crippen LogP contribution in [0.4, 0.5) is 0 Å². The molecule has 5 nitrogen and oxygen atoms in total. The van der Waals surface area contributed by atoms with Gasteiger partial charge in [-0.3, -0.25) is 0 Å². The van der Waals surface area contributed by atoms with Gasteiger partial charge in [0, 0.05) is 10.6 Å². The van der Waals surface area contributed by atoms with E-state index >= 15 is 0 Å². The Kier molecular flexibility index (Phi) is 5.63. The molecule has 122 valence electrons. The van der Waals surface area contributed by atoms with Crippen molar-refractivity contribution in [3.05, 3.63) is 58.6 Å². The summed E-state index contributed by atoms with van der Waals surface area (Å²) in [6, 6.07) is 11.1. The summed E-state index contributed by atoms with van der Waals surface area (Å²) in [5.41, 5.74) is 1.40. The number of hydrogen-bond acceptors (Lipinski definition) is 4. The summed E-state index contributed by atoms with van der Waals surface area (Å²) >= 11 is 5.81. The third-order valence-electron chi connectivity index (χ3n) is 3.14. The van der Waals surface area contributed by atoms with Crippen LogP contribution < -0.4 is 4.83 Å². The molecule has 23 heavy (non-hydrogen) atoms. The summed E-state index contributed by atoms with van der Waals surface area (Å²) in [4.78, 5) is 2.24. The molecule has 0 unspecified atom stereocenters. The number of nitrogens with zero attached hydrogens (tertiary/aromatic N) is 1. The maximum Gasteiger partial charge on any atom is 0.276 e. The minimum atomic E-state index is -3.75. The number of nitrogens with one attached hydrogen (secondary N) is 1. The van der Waals surface area contributed by atoms with Gasteiger partial charge in [0.15, 0.2) is 0 Å². The highest BCUT2D eigenvalue weighted by molar-refractivity contribution is 7.89. The lowest BCUT2D eigenvalue weighted by Crippen LogP contribution is -2.18. The molecule has 2 aromatic carbocycles. The highest BCUT2D eigenvalue weighted by atomic mass is 35.5. The van der Waals surface area contributed by atoms with Crippen LogP contribution in [0.1, 0.15) is 24.5 Å². The summed E-state index contributed by atoms with van der Waals surface area (Å²) in [6.07, 6.45) is 3.10. The average Bonchev–Trinajstić information content (AvgIpc) is 2.51. The normalized spacial score (nSPS) is 11.7. The Labute approximate surface area is 140 Å². The molecule has 0 aliphatic rings. The van der Waals surface area contributed by atoms with E-state index < -0.39 is 10.0 Å². The van der Waals surface area contributed by atoms with E-state index in [-0.39, 0.29) is 10.6 Å². The zero-order valence-electron chi connectivity index (χ0n) is 12.5. The molecule has 0 radical (unpaired) electrons. The van der Waals surface area contributed by atoms with Gasteiger partial charge in [-0.15, -0.1) is 0 Å². The molecule has 0 amide bonds. The number of aryl methyl sites for hydroxylation is 1. The summed E-state index contributed by atoms with van der Waals surface area (Å²) in [7, 11) is -3.75. The van der Waals surface area contributed by atoms with Crippen LogP contribution in [0.2, 0.25) is 5.02 Å². The van der Waals surface area contributed by atoms with E-state index in [2.05, 4.69) is 16.9 Å². The van der Waals surface area contributed by atoms with Gasteiger partial charge < -0.3 is 5.11 Å². The third-order valence-corrected chi connectivity index (χ3v) is 4.61. The molecule has 0 bridgehead atoms. The lowest BCUT2D eigenvalue weighted by Gasteiger charge is -2.05. The molecule has 0 aliphatic carbocycles. The molecule has 0 heterocycles. The number of benzene rings is 2. The van der Waals surface area contributed by atoms with E-state index in [1.165, 1.54) is 24.4 Å². The van der Waals surface area contributed by atoms with Crippen molar-refractivity contribution in [3.63, 3.8) is 0 Å². The van der Waals surface area contributed by atoms with Crippen LogP contribution in [0.3, 0.4) is 0 Å². The molecule has 0 fully saturated rings. The second kappa shape index (κ2) is 7.48. The Bertz CT molecular complexity index is 803. The predicted molar refractivity (Wildman–Crippen MR) is 91.5 cm³/mol. The van der Waals surface area contributed by atoms with Gasteiger partial charge >= 0.3 is 0 Å². The van der Waals surface area contributed by atoms with Gasteiger partial charge in [0.1, 0.15) is 5.75 Å². The van der Waals surface area contributed by atoms with Crippen molar-refractivity contribution < 1.29 is 13.5 Å². The molecule has 0 saturated carbocycles. The number of aromatic hydroxyl groups is 1. The van der Waals surface area contributed by atoms with Gasteiger partial charge in [-0.25, -0.2) is 4.83 Å². The Balaban J connectivity index is 2.11. The van der Waals surface area contributed by atoms with Crippen molar-refractivity contribution in [2.24, 2.45) is 5.10 Å². The SMILES string of the molecule is CCCc1ccc(S(=O)(=O)N/N=C\c2cc(Cl)ccc2O)cc1. The van der Waals surface area contributed by atoms with Crippen LogP contribution in [-0.2, 0) is 16.4 Å². The van der Waals surface area contributed by atoms with Crippen molar-refractivity contribution >= 4 is 27.8 Å². The monoisotopic (exact) mass is 352 g/mol. The van der Waals surface area contributed by atoms with Gasteiger partial charge in [-0.1, -0.05) is 37.1 Å². The second-order valence-electron chi connectivity index (χ2n) is 4.95. The molecule has 0 atom stereocenters. The van der Waals surface area contributed by atoms with E-state index in [1.807, 2.05) is 0 Å². The standard InChI is InChI=1S/C16H17ClN2O3S/c1-2-3-12-4-7-15(8-5-12)23(21,22)19-18-11-13-10-14(17)6-9-16(13)20/h4-11,19-20H,2-3H2,1H3/b18-11-. The Hall–Kier alpha value is -2.05. The fourth-order valence-electron chi connectivity index (χ4n) is 1.97. The van der Waals surface area contributed by atoms with Crippen molar-refractivity contribution in [3.8, 4) is 5.75 Å². The van der Waals surface area contributed by atoms with E-state index in [0.29, 0.717) is 10.6 Å². The van der Waals surface area contributed by atoms with Crippen LogP contribution >= 0.6 is 11.6 Å². The molecule has 0 saturated heterocycles. The first-order valence-electron chi connectivity index (χ1n) is 7.04. The number of halogens is 1. The van der Waals surface area contributed by atoms with Gasteiger partial charge in [-0.05, 0) is 42.3 Å². The van der Waals surface area contributed by atoms with Gasteiger partial charge in [0.05, 0.1) is 11.1 Å². The van der Waals surface area contributed by atoms with Crippen molar-refractivity contribution in [2.45, 2.75) is 24.7 Å². The van der Waals surface area contributed by atoms with Crippen LogP contribution in [0.15, 0.2) is 52.5 Å². The molecule has 7 heteroatoms. The predicted octanol–water partition coefficient (Wildman–Crippen LogP) is 3.31. The molecule has 2 rings (SSSR count). The fourth-order valence-corrected chi connectivity index (χ4v) is 2.94. The number of phenols is 1. The minimum Gasteiger partial charge on any atom is -0.507 e. The molecular formula is C16H17ClN2O3S. The van der Waals surface area contributed by atoms with Crippen molar-refractivity contribution in [1.29, 1.82) is 0 Å². The first kappa shape index (κ1) is 17.3. The third kappa shape index (κ3) is 4.71. The minimum absolute atomic E-state index is 0.0405. The average molecular weight is 353 g/mol. The summed E-state index contributed by atoms with van der Waals surface area (Å²) in [5, 5.41) is 13.7. The van der Waals surface area contributed by atoms with Gasteiger partial charge in [0.2, 0.25) is 0 Å². The lowest BCUT2D eigenvalue weighted by atomic mass is 10.1. The molecule has 0 aromatic heterocycles. The van der Waals surface area contributed by atoms with E-state index in [1.54, 1.807) is 24.3 Å². The van der Waals surface area contributed by atoms with Crippen LogP contribution in [0, 0.1) is 0 Å². The van der Waals surface area contributed by atoms with E-state index in [9.17, 15) is 13.5 Å². The van der Waals surface area contributed by atoms with Crippen LogP contribution in [0.5, 0.6) is 5.75 Å². The number of sulfonamides is 1. The smallest absolute Gasteiger partial charge is 0.276 e. The number of hydrazone groups is 1. The van der Waals surface area contributed by atoms with Crippen LogP contribution in [-0.4, -0.2) is 19.7 Å². The fraction of sp³-hybridized carbons (Fsp3) is 0.188. The Morgan fingerprint density at radius 2 is 1.91 bits per heavy atom. The summed E-state index contributed by atoms with van der Waals surface area (Å²) < 4.78 is 24.3. The maximum atomic E-state index is 12.1. The van der Waals surface area contributed by atoms with E-state index in [0.717, 1.165) is 18.4 Å². The zero-order chi connectivity index (χ0) is 16.9. The topological polar surface area (TPSA) is 78.8 Å². The second-order valence-corrected chi connectivity index (χ2v) is 7.05. The molecule has 0 aliphatic heterocycles. The van der Waals surface area contributed by atoms with Crippen molar-refractivity contribution in [2.75, 3.05) is 0 Å².